The van der Waals surface area contributed by atoms with Gasteiger partial charge in [-0.2, -0.15) is 0 Å². The summed E-state index contributed by atoms with van der Waals surface area (Å²) in [5.74, 6) is 0.807. The Morgan fingerprint density at radius 3 is 2.35 bits per heavy atom. The molecule has 1 aromatic carbocycles. The van der Waals surface area contributed by atoms with E-state index in [0.717, 1.165) is 5.92 Å². The van der Waals surface area contributed by atoms with Crippen molar-refractivity contribution >= 4 is 13.7 Å². The van der Waals surface area contributed by atoms with Crippen LogP contribution in [0, 0.1) is 16.7 Å². The van der Waals surface area contributed by atoms with E-state index >= 15 is 0 Å². The lowest BCUT2D eigenvalue weighted by molar-refractivity contribution is 0.0311. The van der Waals surface area contributed by atoms with Crippen LogP contribution in [0.25, 0.3) is 0 Å². The fourth-order valence-electron chi connectivity index (χ4n) is 4.16. The highest BCUT2D eigenvalue weighted by Gasteiger charge is 2.62. The smallest absolute Gasteiger partial charge is 0.205 e. The van der Waals surface area contributed by atoms with E-state index < -0.39 is 8.38 Å². The summed E-state index contributed by atoms with van der Waals surface area (Å²) < 4.78 is 12.1. The van der Waals surface area contributed by atoms with E-state index in [1.807, 2.05) is 6.07 Å². The Morgan fingerprint density at radius 2 is 1.85 bits per heavy atom. The molecule has 0 amide bonds. The molecule has 2 nitrogen and oxygen atoms in total. The maximum Gasteiger partial charge on any atom is 0.205 e. The Balaban J connectivity index is 1.79. The van der Waals surface area contributed by atoms with Gasteiger partial charge in [0.05, 0.1) is 6.10 Å². The van der Waals surface area contributed by atoms with E-state index in [1.165, 1.54) is 24.6 Å². The van der Waals surface area contributed by atoms with Gasteiger partial charge in [-0.25, -0.2) is 0 Å². The van der Waals surface area contributed by atoms with Crippen LogP contribution in [0.2, 0.25) is 0 Å². The zero-order valence-corrected chi connectivity index (χ0v) is 13.8. The Kier molecular flexibility index (Phi) is 3.69. The summed E-state index contributed by atoms with van der Waals surface area (Å²) in [4.78, 5) is 0. The maximum atomic E-state index is 6.46. The van der Waals surface area contributed by atoms with Crippen molar-refractivity contribution in [3.63, 3.8) is 0 Å². The first-order valence-electron chi connectivity index (χ1n) is 7.55. The van der Waals surface area contributed by atoms with Crippen molar-refractivity contribution in [2.45, 2.75) is 46.1 Å². The zero-order valence-electron chi connectivity index (χ0n) is 12.9. The fourth-order valence-corrected chi connectivity index (χ4v) is 5.55. The van der Waals surface area contributed by atoms with Crippen LogP contribution in [-0.4, -0.2) is 13.2 Å². The van der Waals surface area contributed by atoms with Crippen molar-refractivity contribution < 1.29 is 9.05 Å². The number of hydrogen-bond donors (Lipinski definition) is 0. The lowest BCUT2D eigenvalue weighted by Crippen LogP contribution is -2.36. The molecule has 0 heterocycles. The van der Waals surface area contributed by atoms with E-state index in [2.05, 4.69) is 45.0 Å². The standard InChI is InChI=1S/C17H25O2P/c1-16(2)13-10-11-17(16,3)15(12-13)19-20(18-4)14-8-6-5-7-9-14/h5-9,13,15H,10-12H2,1-4H3/t13-,15+,17+,20?/m1/s1. The van der Waals surface area contributed by atoms with Crippen molar-refractivity contribution in [3.8, 4) is 0 Å². The molecule has 0 aliphatic heterocycles. The topological polar surface area (TPSA) is 18.5 Å². The monoisotopic (exact) mass is 292 g/mol. The van der Waals surface area contributed by atoms with Gasteiger partial charge in [0.25, 0.3) is 0 Å². The first-order chi connectivity index (χ1) is 9.49. The summed E-state index contributed by atoms with van der Waals surface area (Å²) >= 11 is 0. The molecule has 0 spiro atoms. The van der Waals surface area contributed by atoms with E-state index in [0.29, 0.717) is 16.9 Å². The summed E-state index contributed by atoms with van der Waals surface area (Å²) in [6, 6.07) is 10.4. The molecule has 2 aliphatic carbocycles. The maximum absolute atomic E-state index is 6.46. The average molecular weight is 292 g/mol. The van der Waals surface area contributed by atoms with Gasteiger partial charge in [0.15, 0.2) is 0 Å². The molecule has 0 N–H and O–H groups in total. The molecule has 4 atom stereocenters. The predicted octanol–water partition coefficient (Wildman–Crippen LogP) is 4.50. The third kappa shape index (κ3) is 2.04. The van der Waals surface area contributed by atoms with Gasteiger partial charge in [0.2, 0.25) is 8.38 Å². The normalized spacial score (nSPS) is 36.2. The lowest BCUT2D eigenvalue weighted by atomic mass is 9.70. The minimum Gasteiger partial charge on any atom is -0.334 e. The Labute approximate surface area is 123 Å². The van der Waals surface area contributed by atoms with Gasteiger partial charge < -0.3 is 9.05 Å². The molecule has 0 radical (unpaired) electrons. The summed E-state index contributed by atoms with van der Waals surface area (Å²) in [7, 11) is 0.814. The van der Waals surface area contributed by atoms with Gasteiger partial charge >= 0.3 is 0 Å². The minimum atomic E-state index is -0.950. The molecule has 3 rings (SSSR count). The molecule has 1 aromatic rings. The second-order valence-electron chi connectivity index (χ2n) is 6.98. The lowest BCUT2D eigenvalue weighted by Gasteiger charge is -2.39. The van der Waals surface area contributed by atoms with Crippen LogP contribution >= 0.6 is 8.38 Å². The molecule has 3 heteroatoms. The van der Waals surface area contributed by atoms with Crippen molar-refractivity contribution in [3.05, 3.63) is 30.3 Å². The van der Waals surface area contributed by atoms with Gasteiger partial charge in [-0.15, -0.1) is 0 Å². The second kappa shape index (κ2) is 5.09. The summed E-state index contributed by atoms with van der Waals surface area (Å²) in [6.45, 7) is 7.26. The van der Waals surface area contributed by atoms with E-state index in [4.69, 9.17) is 9.05 Å². The highest BCUT2D eigenvalue weighted by atomic mass is 31.2. The number of rotatable bonds is 4. The van der Waals surface area contributed by atoms with Crippen LogP contribution in [0.1, 0.15) is 40.0 Å². The number of fused-ring (bicyclic) bond motifs is 2. The average Bonchev–Trinajstić information content (AvgIpc) is 2.78. The van der Waals surface area contributed by atoms with Gasteiger partial charge in [0.1, 0.15) is 0 Å². The Morgan fingerprint density at radius 1 is 1.15 bits per heavy atom. The first kappa shape index (κ1) is 14.5. The molecular weight excluding hydrogens is 267 g/mol. The second-order valence-corrected chi connectivity index (χ2v) is 8.59. The van der Waals surface area contributed by atoms with Gasteiger partial charge in [-0.05, 0) is 48.1 Å². The largest absolute Gasteiger partial charge is 0.334 e. The molecular formula is C17H25O2P. The molecule has 2 saturated carbocycles. The van der Waals surface area contributed by atoms with Gasteiger partial charge in [-0.3, -0.25) is 0 Å². The van der Waals surface area contributed by atoms with Gasteiger partial charge in [0, 0.05) is 12.4 Å². The summed E-state index contributed by atoms with van der Waals surface area (Å²) in [5.41, 5.74) is 0.689. The molecule has 0 saturated heterocycles. The fraction of sp³-hybridized carbons (Fsp3) is 0.647. The number of hydrogen-bond acceptors (Lipinski definition) is 2. The van der Waals surface area contributed by atoms with Crippen molar-refractivity contribution in [2.24, 2.45) is 16.7 Å². The molecule has 110 valence electrons. The SMILES string of the molecule is COP(O[C@H]1C[C@H]2CC[C@]1(C)C2(C)C)c1ccccc1. The quantitative estimate of drug-likeness (QED) is 0.761. The Bertz CT molecular complexity index is 473. The highest BCUT2D eigenvalue weighted by molar-refractivity contribution is 7.56. The minimum absolute atomic E-state index is 0.297. The van der Waals surface area contributed by atoms with Crippen LogP contribution in [0.5, 0.6) is 0 Å². The van der Waals surface area contributed by atoms with Crippen molar-refractivity contribution in [1.82, 2.24) is 0 Å². The molecule has 2 bridgehead atoms. The third-order valence-corrected chi connectivity index (χ3v) is 7.57. The Hall–Kier alpha value is -0.430. The molecule has 20 heavy (non-hydrogen) atoms. The van der Waals surface area contributed by atoms with Crippen LogP contribution in [0.4, 0.5) is 0 Å². The molecule has 1 unspecified atom stereocenters. The highest BCUT2D eigenvalue weighted by Crippen LogP contribution is 2.67. The number of benzene rings is 1. The van der Waals surface area contributed by atoms with Crippen LogP contribution in [-0.2, 0) is 9.05 Å². The zero-order chi connectivity index (χ0) is 14.4. The van der Waals surface area contributed by atoms with Crippen LogP contribution in [0.3, 0.4) is 0 Å². The van der Waals surface area contributed by atoms with Crippen molar-refractivity contribution in [1.29, 1.82) is 0 Å². The third-order valence-electron chi connectivity index (χ3n) is 6.07. The predicted molar refractivity (Wildman–Crippen MR) is 84.1 cm³/mol. The summed E-state index contributed by atoms with van der Waals surface area (Å²) in [6.07, 6.45) is 4.18. The van der Waals surface area contributed by atoms with Crippen LogP contribution < -0.4 is 5.30 Å². The summed E-state index contributed by atoms with van der Waals surface area (Å²) in [5, 5.41) is 1.18. The van der Waals surface area contributed by atoms with Crippen LogP contribution in [0.15, 0.2) is 30.3 Å². The van der Waals surface area contributed by atoms with Crippen molar-refractivity contribution in [2.75, 3.05) is 7.11 Å². The van der Waals surface area contributed by atoms with E-state index in [1.54, 1.807) is 7.11 Å². The van der Waals surface area contributed by atoms with E-state index in [-0.39, 0.29) is 0 Å². The molecule has 0 aromatic heterocycles. The molecule has 2 fully saturated rings. The molecule has 2 aliphatic rings. The van der Waals surface area contributed by atoms with E-state index in [9.17, 15) is 0 Å². The van der Waals surface area contributed by atoms with Gasteiger partial charge in [-0.1, -0.05) is 39.0 Å². The first-order valence-corrected chi connectivity index (χ1v) is 8.73.